The number of anilines is 1. The number of benzene rings is 1. The molecule has 1 aromatic carbocycles. The average Bonchev–Trinajstić information content (AvgIpc) is 2.47. The average molecular weight is 291 g/mol. The highest BCUT2D eigenvalue weighted by Crippen LogP contribution is 2.33. The Morgan fingerprint density at radius 3 is 2.14 bits per heavy atom. The van der Waals surface area contributed by atoms with E-state index in [1.54, 1.807) is 14.2 Å². The molecule has 1 saturated carbocycles. The summed E-state index contributed by atoms with van der Waals surface area (Å²) < 4.78 is 10.9. The van der Waals surface area contributed by atoms with Crippen molar-refractivity contribution in [1.29, 1.82) is 0 Å². The van der Waals surface area contributed by atoms with E-state index in [9.17, 15) is 4.79 Å². The molecule has 1 aromatic rings. The number of rotatable bonds is 4. The number of amides is 1. The molecule has 0 atom stereocenters. The first-order chi connectivity index (χ1) is 10.0. The molecule has 1 amide bonds. The largest absolute Gasteiger partial charge is 0.496 e. The molecule has 0 spiro atoms. The zero-order valence-corrected chi connectivity index (χ0v) is 13.4. The lowest BCUT2D eigenvalue weighted by Crippen LogP contribution is -2.46. The smallest absolute Gasteiger partial charge is 0.256 e. The Bertz CT molecular complexity index is 496. The summed E-state index contributed by atoms with van der Waals surface area (Å²) in [5.41, 5.74) is 2.17. The number of carbonyl (C=O) groups is 1. The second-order valence-electron chi connectivity index (χ2n) is 5.86. The Morgan fingerprint density at radius 1 is 1.10 bits per heavy atom. The van der Waals surface area contributed by atoms with Crippen molar-refractivity contribution in [3.63, 3.8) is 0 Å². The highest BCUT2D eigenvalue weighted by atomic mass is 16.5. The first kappa shape index (κ1) is 15.8. The number of aryl methyl sites for hydroxylation is 2. The third kappa shape index (κ3) is 3.21. The molecule has 1 aliphatic rings. The van der Waals surface area contributed by atoms with Crippen molar-refractivity contribution in [3.8, 4) is 5.75 Å². The van der Waals surface area contributed by atoms with Gasteiger partial charge in [-0.15, -0.1) is 0 Å². The molecular weight excluding hydrogens is 266 g/mol. The Labute approximate surface area is 126 Å². The SMILES string of the molecule is COc1c(C)cc(NC(=O)C2(OC)CCCCC2)cc1C. The molecule has 1 fully saturated rings. The Kier molecular flexibility index (Phi) is 4.88. The molecule has 4 nitrogen and oxygen atoms in total. The quantitative estimate of drug-likeness (QED) is 0.922. The fourth-order valence-electron chi connectivity index (χ4n) is 3.24. The first-order valence-corrected chi connectivity index (χ1v) is 7.54. The van der Waals surface area contributed by atoms with E-state index in [0.717, 1.165) is 48.2 Å². The van der Waals surface area contributed by atoms with Crippen molar-refractivity contribution >= 4 is 11.6 Å². The molecule has 1 aliphatic carbocycles. The Balaban J connectivity index is 2.19. The van der Waals surface area contributed by atoms with E-state index in [-0.39, 0.29) is 5.91 Å². The summed E-state index contributed by atoms with van der Waals surface area (Å²) >= 11 is 0. The molecule has 1 N–H and O–H groups in total. The van der Waals surface area contributed by atoms with E-state index < -0.39 is 5.60 Å². The monoisotopic (exact) mass is 291 g/mol. The van der Waals surface area contributed by atoms with E-state index in [1.165, 1.54) is 6.42 Å². The van der Waals surface area contributed by atoms with E-state index in [4.69, 9.17) is 9.47 Å². The maximum absolute atomic E-state index is 12.6. The van der Waals surface area contributed by atoms with Gasteiger partial charge < -0.3 is 14.8 Å². The maximum Gasteiger partial charge on any atom is 0.256 e. The topological polar surface area (TPSA) is 47.6 Å². The summed E-state index contributed by atoms with van der Waals surface area (Å²) in [5.74, 6) is 0.834. The van der Waals surface area contributed by atoms with Crippen LogP contribution >= 0.6 is 0 Å². The van der Waals surface area contributed by atoms with Gasteiger partial charge >= 0.3 is 0 Å². The molecule has 0 aliphatic heterocycles. The van der Waals surface area contributed by atoms with E-state index in [0.29, 0.717) is 0 Å². The van der Waals surface area contributed by atoms with Crippen LogP contribution in [0.2, 0.25) is 0 Å². The van der Waals surface area contributed by atoms with Crippen molar-refractivity contribution in [2.24, 2.45) is 0 Å². The van der Waals surface area contributed by atoms with Crippen LogP contribution in [0, 0.1) is 13.8 Å². The van der Waals surface area contributed by atoms with Crippen LogP contribution in [-0.2, 0) is 9.53 Å². The van der Waals surface area contributed by atoms with Gasteiger partial charge in [0.2, 0.25) is 0 Å². The predicted octanol–water partition coefficient (Wildman–Crippen LogP) is 3.60. The van der Waals surface area contributed by atoms with Gasteiger partial charge in [0.05, 0.1) is 7.11 Å². The van der Waals surface area contributed by atoms with Crippen molar-refractivity contribution in [2.75, 3.05) is 19.5 Å². The summed E-state index contributed by atoms with van der Waals surface area (Å²) in [6, 6.07) is 3.88. The van der Waals surface area contributed by atoms with Gasteiger partial charge in [-0.2, -0.15) is 0 Å². The minimum absolute atomic E-state index is 0.0336. The van der Waals surface area contributed by atoms with Gasteiger partial charge in [-0.1, -0.05) is 19.3 Å². The van der Waals surface area contributed by atoms with Crippen LogP contribution in [0.25, 0.3) is 0 Å². The van der Waals surface area contributed by atoms with Crippen LogP contribution in [0.1, 0.15) is 43.2 Å². The van der Waals surface area contributed by atoms with E-state index in [2.05, 4.69) is 5.32 Å². The number of hydrogen-bond acceptors (Lipinski definition) is 3. The van der Waals surface area contributed by atoms with Crippen molar-refractivity contribution in [3.05, 3.63) is 23.3 Å². The van der Waals surface area contributed by atoms with Crippen LogP contribution in [0.3, 0.4) is 0 Å². The van der Waals surface area contributed by atoms with Crippen molar-refractivity contribution in [2.45, 2.75) is 51.6 Å². The summed E-state index contributed by atoms with van der Waals surface area (Å²) in [6.07, 6.45) is 4.86. The van der Waals surface area contributed by atoms with Gasteiger partial charge in [0.1, 0.15) is 11.4 Å². The van der Waals surface area contributed by atoms with Crippen molar-refractivity contribution < 1.29 is 14.3 Å². The third-order valence-corrected chi connectivity index (χ3v) is 4.39. The maximum atomic E-state index is 12.6. The van der Waals surface area contributed by atoms with E-state index in [1.807, 2.05) is 26.0 Å². The normalized spacial score (nSPS) is 17.3. The lowest BCUT2D eigenvalue weighted by molar-refractivity contribution is -0.141. The minimum Gasteiger partial charge on any atom is -0.496 e. The molecular formula is C17H25NO3. The second-order valence-corrected chi connectivity index (χ2v) is 5.86. The lowest BCUT2D eigenvalue weighted by atomic mass is 9.84. The standard InChI is InChI=1S/C17H25NO3/c1-12-10-14(11-13(2)15(12)20-3)18-16(19)17(21-4)8-6-5-7-9-17/h10-11H,5-9H2,1-4H3,(H,18,19). The van der Waals surface area contributed by atoms with Crippen LogP contribution in [0.15, 0.2) is 12.1 Å². The summed E-state index contributed by atoms with van der Waals surface area (Å²) in [6.45, 7) is 3.96. The summed E-state index contributed by atoms with van der Waals surface area (Å²) in [7, 11) is 3.30. The fraction of sp³-hybridized carbons (Fsp3) is 0.588. The molecule has 116 valence electrons. The molecule has 2 rings (SSSR count). The number of carbonyl (C=O) groups excluding carboxylic acids is 1. The molecule has 0 saturated heterocycles. The minimum atomic E-state index is -0.667. The third-order valence-electron chi connectivity index (χ3n) is 4.39. The van der Waals surface area contributed by atoms with Crippen LogP contribution in [0.4, 0.5) is 5.69 Å². The molecule has 0 heterocycles. The molecule has 0 aromatic heterocycles. The van der Waals surface area contributed by atoms with Crippen LogP contribution < -0.4 is 10.1 Å². The lowest BCUT2D eigenvalue weighted by Gasteiger charge is -2.34. The van der Waals surface area contributed by atoms with Gasteiger partial charge in [0, 0.05) is 12.8 Å². The number of ether oxygens (including phenoxy) is 2. The highest BCUT2D eigenvalue weighted by molar-refractivity contribution is 5.97. The molecule has 0 radical (unpaired) electrons. The van der Waals surface area contributed by atoms with Gasteiger partial charge in [0.15, 0.2) is 0 Å². The number of nitrogens with one attached hydrogen (secondary N) is 1. The Hall–Kier alpha value is -1.55. The first-order valence-electron chi connectivity index (χ1n) is 7.54. The zero-order chi connectivity index (χ0) is 15.5. The molecule has 0 bridgehead atoms. The van der Waals surface area contributed by atoms with Gasteiger partial charge in [-0.3, -0.25) is 4.79 Å². The summed E-state index contributed by atoms with van der Waals surface area (Å²) in [4.78, 5) is 12.6. The fourth-order valence-corrected chi connectivity index (χ4v) is 3.24. The molecule has 21 heavy (non-hydrogen) atoms. The van der Waals surface area contributed by atoms with Crippen LogP contribution in [0.5, 0.6) is 5.75 Å². The van der Waals surface area contributed by atoms with Gasteiger partial charge in [0.25, 0.3) is 5.91 Å². The summed E-state index contributed by atoms with van der Waals surface area (Å²) in [5, 5.41) is 3.02. The van der Waals surface area contributed by atoms with Crippen molar-refractivity contribution in [1.82, 2.24) is 0 Å². The van der Waals surface area contributed by atoms with Gasteiger partial charge in [-0.05, 0) is 49.9 Å². The zero-order valence-electron chi connectivity index (χ0n) is 13.4. The molecule has 0 unspecified atom stereocenters. The van der Waals surface area contributed by atoms with Gasteiger partial charge in [-0.25, -0.2) is 0 Å². The number of hydrogen-bond donors (Lipinski definition) is 1. The number of methoxy groups -OCH3 is 2. The van der Waals surface area contributed by atoms with Crippen LogP contribution in [-0.4, -0.2) is 25.7 Å². The Morgan fingerprint density at radius 2 is 1.67 bits per heavy atom. The molecule has 4 heteroatoms. The van der Waals surface area contributed by atoms with E-state index >= 15 is 0 Å². The highest BCUT2D eigenvalue weighted by Gasteiger charge is 2.39. The second kappa shape index (κ2) is 6.48. The predicted molar refractivity (Wildman–Crippen MR) is 83.9 cm³/mol.